The summed E-state index contributed by atoms with van der Waals surface area (Å²) in [6, 6.07) is 14.7. The summed E-state index contributed by atoms with van der Waals surface area (Å²) >= 11 is 0. The van der Waals surface area contributed by atoms with Crippen LogP contribution in [0.15, 0.2) is 53.4 Å². The monoisotopic (exact) mass is 426 g/mol. The second kappa shape index (κ2) is 8.97. The molecular weight excluding hydrogens is 400 g/mol. The van der Waals surface area contributed by atoms with Gasteiger partial charge in [-0.25, -0.2) is 13.4 Å². The molecule has 2 N–H and O–H groups in total. The standard InChI is InChI=1S/C22H26N4O3S/c27-22(23-14-13-21-24-19-5-1-2-6-20(19)25-21)12-9-17-7-10-18(11-8-17)30(28,29)26-15-3-4-16-26/h1-2,5-8,10-11H,3-4,9,12-16H2,(H,23,27)(H,24,25). The average molecular weight is 427 g/mol. The number of fused-ring (bicyclic) bond motifs is 1. The maximum absolute atomic E-state index is 12.6. The third-order valence-electron chi connectivity index (χ3n) is 5.39. The van der Waals surface area contributed by atoms with Gasteiger partial charge in [0.15, 0.2) is 0 Å². The molecule has 2 heterocycles. The highest BCUT2D eigenvalue weighted by atomic mass is 32.2. The van der Waals surface area contributed by atoms with Crippen LogP contribution in [0.4, 0.5) is 0 Å². The molecule has 1 aliphatic heterocycles. The molecule has 7 nitrogen and oxygen atoms in total. The zero-order valence-electron chi connectivity index (χ0n) is 16.8. The predicted octanol–water partition coefficient (Wildman–Crippen LogP) is 2.64. The van der Waals surface area contributed by atoms with E-state index in [0.29, 0.717) is 43.8 Å². The third-order valence-corrected chi connectivity index (χ3v) is 7.30. The summed E-state index contributed by atoms with van der Waals surface area (Å²) in [4.78, 5) is 20.2. The fraction of sp³-hybridized carbons (Fsp3) is 0.364. The lowest BCUT2D eigenvalue weighted by atomic mass is 10.1. The maximum atomic E-state index is 12.6. The minimum atomic E-state index is -3.39. The molecule has 158 valence electrons. The van der Waals surface area contributed by atoms with Crippen molar-refractivity contribution in [1.29, 1.82) is 0 Å². The molecule has 2 aromatic carbocycles. The van der Waals surface area contributed by atoms with Gasteiger partial charge in [-0.3, -0.25) is 4.79 Å². The Morgan fingerprint density at radius 3 is 2.50 bits per heavy atom. The number of aromatic amines is 1. The highest BCUT2D eigenvalue weighted by Gasteiger charge is 2.26. The van der Waals surface area contributed by atoms with Gasteiger partial charge in [-0.2, -0.15) is 4.31 Å². The number of benzene rings is 2. The Kier molecular flexibility index (Phi) is 6.15. The quantitative estimate of drug-likeness (QED) is 0.579. The van der Waals surface area contributed by atoms with E-state index in [2.05, 4.69) is 15.3 Å². The number of H-pyrrole nitrogens is 1. The van der Waals surface area contributed by atoms with Gasteiger partial charge in [0.05, 0.1) is 15.9 Å². The van der Waals surface area contributed by atoms with Crippen molar-refractivity contribution in [2.75, 3.05) is 19.6 Å². The number of carbonyl (C=O) groups is 1. The maximum Gasteiger partial charge on any atom is 0.243 e. The largest absolute Gasteiger partial charge is 0.356 e. The molecule has 0 spiro atoms. The molecule has 1 aliphatic rings. The molecule has 1 aromatic heterocycles. The van der Waals surface area contributed by atoms with Gasteiger partial charge in [0.2, 0.25) is 15.9 Å². The van der Waals surface area contributed by atoms with E-state index >= 15 is 0 Å². The van der Waals surface area contributed by atoms with Crippen molar-refractivity contribution >= 4 is 27.0 Å². The van der Waals surface area contributed by atoms with Crippen LogP contribution in [-0.4, -0.2) is 48.2 Å². The molecule has 1 saturated heterocycles. The normalized spacial score (nSPS) is 14.9. The summed E-state index contributed by atoms with van der Waals surface area (Å²) in [5.74, 6) is 0.825. The van der Waals surface area contributed by atoms with Crippen LogP contribution in [0.1, 0.15) is 30.7 Å². The minimum absolute atomic E-state index is 0.0279. The Labute approximate surface area is 176 Å². The van der Waals surface area contributed by atoms with Gasteiger partial charge >= 0.3 is 0 Å². The predicted molar refractivity (Wildman–Crippen MR) is 116 cm³/mol. The first kappa shape index (κ1) is 20.6. The van der Waals surface area contributed by atoms with Crippen LogP contribution < -0.4 is 5.32 Å². The molecular formula is C22H26N4O3S. The molecule has 30 heavy (non-hydrogen) atoms. The SMILES string of the molecule is O=C(CCc1ccc(S(=O)(=O)N2CCCC2)cc1)NCCc1nc2ccccc2[nH]1. The number of nitrogens with zero attached hydrogens (tertiary/aromatic N) is 2. The number of carbonyl (C=O) groups excluding carboxylic acids is 1. The lowest BCUT2D eigenvalue weighted by Crippen LogP contribution is -2.27. The average Bonchev–Trinajstić information content (AvgIpc) is 3.42. The molecule has 8 heteroatoms. The van der Waals surface area contributed by atoms with Crippen molar-refractivity contribution in [3.8, 4) is 0 Å². The molecule has 0 atom stereocenters. The van der Waals surface area contributed by atoms with Crippen LogP contribution in [0.25, 0.3) is 11.0 Å². The van der Waals surface area contributed by atoms with Gasteiger partial charge in [-0.05, 0) is 49.1 Å². The molecule has 3 aromatic rings. The van der Waals surface area contributed by atoms with Gasteiger partial charge in [0.1, 0.15) is 5.82 Å². The first-order chi connectivity index (χ1) is 14.5. The smallest absolute Gasteiger partial charge is 0.243 e. The van der Waals surface area contributed by atoms with Crippen LogP contribution in [0, 0.1) is 0 Å². The van der Waals surface area contributed by atoms with Crippen molar-refractivity contribution in [3.63, 3.8) is 0 Å². The van der Waals surface area contributed by atoms with E-state index in [4.69, 9.17) is 0 Å². The number of imidazole rings is 1. The first-order valence-electron chi connectivity index (χ1n) is 10.3. The number of rotatable bonds is 8. The van der Waals surface area contributed by atoms with E-state index in [0.717, 1.165) is 35.3 Å². The summed E-state index contributed by atoms with van der Waals surface area (Å²) < 4.78 is 26.7. The van der Waals surface area contributed by atoms with E-state index in [1.54, 1.807) is 24.3 Å². The number of aromatic nitrogens is 2. The van der Waals surface area contributed by atoms with E-state index in [1.807, 2.05) is 24.3 Å². The number of hydrogen-bond acceptors (Lipinski definition) is 4. The number of amides is 1. The summed E-state index contributed by atoms with van der Waals surface area (Å²) in [5.41, 5.74) is 2.87. The minimum Gasteiger partial charge on any atom is -0.356 e. The molecule has 0 aliphatic carbocycles. The zero-order chi connectivity index (χ0) is 21.0. The van der Waals surface area contributed by atoms with Crippen LogP contribution >= 0.6 is 0 Å². The Hall–Kier alpha value is -2.71. The van der Waals surface area contributed by atoms with Crippen LogP contribution in [0.2, 0.25) is 0 Å². The van der Waals surface area contributed by atoms with Gasteiger partial charge < -0.3 is 10.3 Å². The van der Waals surface area contributed by atoms with Crippen LogP contribution in [-0.2, 0) is 27.7 Å². The van der Waals surface area contributed by atoms with E-state index in [-0.39, 0.29) is 5.91 Å². The van der Waals surface area contributed by atoms with Crippen molar-refractivity contribution in [3.05, 3.63) is 59.9 Å². The zero-order valence-corrected chi connectivity index (χ0v) is 17.6. The topological polar surface area (TPSA) is 95.2 Å². The number of para-hydroxylation sites is 2. The Bertz CT molecular complexity index is 1080. The molecule has 0 saturated carbocycles. The molecule has 4 rings (SSSR count). The van der Waals surface area contributed by atoms with E-state index in [1.165, 1.54) is 4.31 Å². The number of sulfonamides is 1. The molecule has 1 fully saturated rings. The number of aryl methyl sites for hydroxylation is 1. The number of nitrogens with one attached hydrogen (secondary N) is 2. The van der Waals surface area contributed by atoms with Crippen molar-refractivity contribution in [2.45, 2.75) is 37.0 Å². The first-order valence-corrected chi connectivity index (χ1v) is 11.8. The summed E-state index contributed by atoms with van der Waals surface area (Å²) in [6.45, 7) is 1.71. The van der Waals surface area contributed by atoms with Gasteiger partial charge in [0.25, 0.3) is 0 Å². The van der Waals surface area contributed by atoms with Gasteiger partial charge in [-0.1, -0.05) is 24.3 Å². The lowest BCUT2D eigenvalue weighted by molar-refractivity contribution is -0.121. The van der Waals surface area contributed by atoms with Gasteiger partial charge in [0, 0.05) is 32.5 Å². The van der Waals surface area contributed by atoms with E-state index < -0.39 is 10.0 Å². The molecule has 1 amide bonds. The molecule has 0 unspecified atom stereocenters. The van der Waals surface area contributed by atoms with Crippen LogP contribution in [0.3, 0.4) is 0 Å². The van der Waals surface area contributed by atoms with Crippen molar-refractivity contribution in [1.82, 2.24) is 19.6 Å². The van der Waals surface area contributed by atoms with Crippen molar-refractivity contribution < 1.29 is 13.2 Å². The fourth-order valence-corrected chi connectivity index (χ4v) is 5.21. The van der Waals surface area contributed by atoms with Gasteiger partial charge in [-0.15, -0.1) is 0 Å². The number of hydrogen-bond donors (Lipinski definition) is 2. The Balaban J connectivity index is 1.23. The summed E-state index contributed by atoms with van der Waals surface area (Å²) in [6.07, 6.45) is 3.41. The Morgan fingerprint density at radius 1 is 1.03 bits per heavy atom. The molecule has 0 bridgehead atoms. The highest BCUT2D eigenvalue weighted by Crippen LogP contribution is 2.21. The fourth-order valence-electron chi connectivity index (χ4n) is 3.70. The van der Waals surface area contributed by atoms with Crippen molar-refractivity contribution in [2.24, 2.45) is 0 Å². The molecule has 0 radical (unpaired) electrons. The second-order valence-corrected chi connectivity index (χ2v) is 9.49. The Morgan fingerprint density at radius 2 is 1.77 bits per heavy atom. The van der Waals surface area contributed by atoms with Crippen LogP contribution in [0.5, 0.6) is 0 Å². The summed E-state index contributed by atoms with van der Waals surface area (Å²) in [5, 5.41) is 2.92. The summed E-state index contributed by atoms with van der Waals surface area (Å²) in [7, 11) is -3.39. The van der Waals surface area contributed by atoms with E-state index in [9.17, 15) is 13.2 Å². The lowest BCUT2D eigenvalue weighted by Gasteiger charge is -2.15. The third kappa shape index (κ3) is 4.71. The highest BCUT2D eigenvalue weighted by molar-refractivity contribution is 7.89. The second-order valence-electron chi connectivity index (χ2n) is 7.56.